The predicted molar refractivity (Wildman–Crippen MR) is 118 cm³/mol. The number of carbonyl (C=O) groups is 1. The van der Waals surface area contributed by atoms with E-state index in [1.165, 1.54) is 10.5 Å². The van der Waals surface area contributed by atoms with E-state index < -0.39 is 0 Å². The zero-order valence-electron chi connectivity index (χ0n) is 17.5. The lowest BCUT2D eigenvalue weighted by atomic mass is 10.1. The largest absolute Gasteiger partial charge is 0.383 e. The van der Waals surface area contributed by atoms with E-state index in [-0.39, 0.29) is 22.8 Å². The Balaban J connectivity index is 1.99. The van der Waals surface area contributed by atoms with E-state index in [0.29, 0.717) is 36.4 Å². The minimum atomic E-state index is -0.369. The average molecular weight is 418 g/mol. The van der Waals surface area contributed by atoms with Crippen LogP contribution in [0, 0.1) is 6.92 Å². The van der Waals surface area contributed by atoms with Crippen LogP contribution in [0.25, 0.3) is 16.7 Å². The van der Waals surface area contributed by atoms with E-state index in [9.17, 15) is 9.59 Å². The van der Waals surface area contributed by atoms with Gasteiger partial charge in [0.2, 0.25) is 11.5 Å². The summed E-state index contributed by atoms with van der Waals surface area (Å²) in [5.41, 5.74) is 9.27. The second-order valence-electron chi connectivity index (χ2n) is 7.30. The van der Waals surface area contributed by atoms with Crippen molar-refractivity contribution in [1.29, 1.82) is 0 Å². The van der Waals surface area contributed by atoms with Gasteiger partial charge in [0.05, 0.1) is 13.2 Å². The number of rotatable bonds is 6. The van der Waals surface area contributed by atoms with E-state index in [1.54, 1.807) is 23.9 Å². The highest BCUT2D eigenvalue weighted by atomic mass is 16.5. The number of fused-ring (bicyclic) bond motifs is 2. The fraction of sp³-hybridized carbons (Fsp3) is 0.217. The molecule has 1 aromatic carbocycles. The average Bonchev–Trinajstić information content (AvgIpc) is 2.77. The Bertz CT molecular complexity index is 1330. The number of hydrogen-bond acceptors (Lipinski definition) is 5. The molecular weight excluding hydrogens is 394 g/mol. The molecule has 0 saturated heterocycles. The summed E-state index contributed by atoms with van der Waals surface area (Å²) in [7, 11) is 1.56. The van der Waals surface area contributed by atoms with Gasteiger partial charge in [0.25, 0.3) is 17.1 Å². The van der Waals surface area contributed by atoms with E-state index in [1.807, 2.05) is 43.3 Å². The quantitative estimate of drug-likeness (QED) is 0.280. The number of amides is 1. The fourth-order valence-corrected chi connectivity index (χ4v) is 3.58. The van der Waals surface area contributed by atoms with Crippen LogP contribution in [-0.4, -0.2) is 35.6 Å². The zero-order valence-corrected chi connectivity index (χ0v) is 17.5. The number of ether oxygens (including phenoxy) is 1. The van der Waals surface area contributed by atoms with Crippen LogP contribution in [-0.2, 0) is 11.3 Å². The second kappa shape index (κ2) is 8.53. The maximum absolute atomic E-state index is 13.3. The molecule has 31 heavy (non-hydrogen) atoms. The lowest BCUT2D eigenvalue weighted by Crippen LogP contribution is -2.43. The number of hydrogen-bond donors (Lipinski definition) is 2. The number of nitrogens with two attached hydrogens (primary N) is 1. The second-order valence-corrected chi connectivity index (χ2v) is 7.30. The standard InChI is InChI=1S/C23H23N5O3/c1-15-7-6-11-27-20(15)26-21-18(23(27)30)13-17(22(29)25-10-12-31-2)19(24)28(21)14-16-8-4-3-5-9-16/h3-9,11,13,24H,10,12,14H2,1-2H3,(H,25,29)/p+1. The first-order valence-electron chi connectivity index (χ1n) is 9.96. The van der Waals surface area contributed by atoms with Gasteiger partial charge in [-0.3, -0.25) is 14.0 Å². The first-order chi connectivity index (χ1) is 15.0. The molecule has 0 radical (unpaired) electrons. The molecule has 8 nitrogen and oxygen atoms in total. The number of anilines is 1. The number of nitrogens with zero attached hydrogens (tertiary/aromatic N) is 3. The van der Waals surface area contributed by atoms with Crippen molar-refractivity contribution in [2.75, 3.05) is 26.0 Å². The van der Waals surface area contributed by atoms with E-state index in [0.717, 1.165) is 11.1 Å². The minimum absolute atomic E-state index is 0.228. The Morgan fingerprint density at radius 2 is 2.00 bits per heavy atom. The molecule has 1 amide bonds. The minimum Gasteiger partial charge on any atom is -0.383 e. The molecule has 158 valence electrons. The van der Waals surface area contributed by atoms with Gasteiger partial charge in [0.1, 0.15) is 10.9 Å². The maximum Gasteiger partial charge on any atom is 0.278 e. The van der Waals surface area contributed by atoms with E-state index in [4.69, 9.17) is 15.5 Å². The van der Waals surface area contributed by atoms with Gasteiger partial charge in [0.15, 0.2) is 0 Å². The normalized spacial score (nSPS) is 11.2. The molecule has 0 unspecified atom stereocenters. The Morgan fingerprint density at radius 1 is 1.23 bits per heavy atom. The molecule has 0 atom stereocenters. The maximum atomic E-state index is 13.3. The number of aryl methyl sites for hydroxylation is 1. The van der Waals surface area contributed by atoms with Crippen molar-refractivity contribution in [3.8, 4) is 0 Å². The number of benzene rings is 1. The molecule has 8 heteroatoms. The molecule has 0 aliphatic rings. The number of aromatic nitrogens is 3. The van der Waals surface area contributed by atoms with Crippen molar-refractivity contribution in [3.63, 3.8) is 0 Å². The summed E-state index contributed by atoms with van der Waals surface area (Å²) in [5.74, 6) is -0.122. The lowest BCUT2D eigenvalue weighted by Gasteiger charge is -2.13. The first-order valence-corrected chi connectivity index (χ1v) is 9.96. The van der Waals surface area contributed by atoms with Crippen LogP contribution in [0.3, 0.4) is 0 Å². The number of nitrogens with one attached hydrogen (secondary N) is 1. The first kappa shape index (κ1) is 20.5. The molecule has 0 saturated carbocycles. The Labute approximate surface area is 178 Å². The van der Waals surface area contributed by atoms with Crippen molar-refractivity contribution in [1.82, 2.24) is 14.7 Å². The van der Waals surface area contributed by atoms with Gasteiger partial charge in [-0.05, 0) is 24.6 Å². The van der Waals surface area contributed by atoms with Crippen molar-refractivity contribution in [2.45, 2.75) is 13.5 Å². The molecule has 4 aromatic rings. The predicted octanol–water partition coefficient (Wildman–Crippen LogP) is 1.45. The molecular formula is C23H24N5O3+. The van der Waals surface area contributed by atoms with Crippen LogP contribution in [0.1, 0.15) is 21.5 Å². The SMILES string of the molecule is COCCNC(=O)c1cc2c(=O)n3cccc(C)c3nc2[n+](Cc2ccccc2)c1N. The summed E-state index contributed by atoms with van der Waals surface area (Å²) in [4.78, 5) is 30.9. The zero-order chi connectivity index (χ0) is 22.0. The third-order valence-electron chi connectivity index (χ3n) is 5.20. The van der Waals surface area contributed by atoms with E-state index >= 15 is 0 Å². The van der Waals surface area contributed by atoms with Gasteiger partial charge in [-0.2, -0.15) is 0 Å². The Morgan fingerprint density at radius 3 is 2.74 bits per heavy atom. The van der Waals surface area contributed by atoms with Crippen molar-refractivity contribution in [2.24, 2.45) is 0 Å². The van der Waals surface area contributed by atoms with Crippen LogP contribution >= 0.6 is 0 Å². The van der Waals surface area contributed by atoms with Crippen molar-refractivity contribution in [3.05, 3.63) is 81.8 Å². The molecule has 0 spiro atoms. The highest BCUT2D eigenvalue weighted by molar-refractivity contribution is 6.00. The molecule has 0 fully saturated rings. The summed E-state index contributed by atoms with van der Waals surface area (Å²) in [5, 5.41) is 3.10. The van der Waals surface area contributed by atoms with E-state index in [2.05, 4.69) is 5.32 Å². The summed E-state index contributed by atoms with van der Waals surface area (Å²) in [6.07, 6.45) is 1.67. The van der Waals surface area contributed by atoms with Crippen LogP contribution in [0.4, 0.5) is 5.82 Å². The monoisotopic (exact) mass is 418 g/mol. The molecule has 4 rings (SSSR count). The summed E-state index contributed by atoms with van der Waals surface area (Å²) >= 11 is 0. The summed E-state index contributed by atoms with van der Waals surface area (Å²) in [6, 6.07) is 14.9. The molecule has 0 bridgehead atoms. The Hall–Kier alpha value is -3.78. The van der Waals surface area contributed by atoms with Gasteiger partial charge < -0.3 is 15.8 Å². The van der Waals surface area contributed by atoms with Crippen molar-refractivity contribution < 1.29 is 14.1 Å². The molecule has 3 aromatic heterocycles. The van der Waals surface area contributed by atoms with Gasteiger partial charge in [0, 0.05) is 25.4 Å². The number of pyridine rings is 2. The summed E-state index contributed by atoms with van der Waals surface area (Å²) < 4.78 is 8.21. The molecule has 3 heterocycles. The lowest BCUT2D eigenvalue weighted by molar-refractivity contribution is -0.649. The van der Waals surface area contributed by atoms with Gasteiger partial charge in [-0.15, -0.1) is 0 Å². The fourth-order valence-electron chi connectivity index (χ4n) is 3.58. The molecule has 0 aliphatic heterocycles. The number of methoxy groups -OCH3 is 1. The third-order valence-corrected chi connectivity index (χ3v) is 5.20. The van der Waals surface area contributed by atoms with Gasteiger partial charge in [-0.25, -0.2) is 4.57 Å². The molecule has 3 N–H and O–H groups in total. The number of nitrogen functional groups attached to an aromatic ring is 1. The highest BCUT2D eigenvalue weighted by Crippen LogP contribution is 2.16. The van der Waals surface area contributed by atoms with Crippen LogP contribution < -0.4 is 21.2 Å². The third kappa shape index (κ3) is 3.85. The molecule has 0 aliphatic carbocycles. The summed E-state index contributed by atoms with van der Waals surface area (Å²) in [6.45, 7) is 2.98. The van der Waals surface area contributed by atoms with Gasteiger partial charge >= 0.3 is 0 Å². The van der Waals surface area contributed by atoms with Crippen LogP contribution in [0.2, 0.25) is 0 Å². The topological polar surface area (TPSA) is 103 Å². The van der Waals surface area contributed by atoms with Crippen LogP contribution in [0.15, 0.2) is 59.5 Å². The highest BCUT2D eigenvalue weighted by Gasteiger charge is 2.24. The van der Waals surface area contributed by atoms with Gasteiger partial charge in [-0.1, -0.05) is 41.4 Å². The van der Waals surface area contributed by atoms with Crippen molar-refractivity contribution >= 4 is 28.4 Å². The smallest absolute Gasteiger partial charge is 0.278 e. The van der Waals surface area contributed by atoms with Crippen LogP contribution in [0.5, 0.6) is 0 Å². The Kier molecular flexibility index (Phi) is 5.64. The number of carbonyl (C=O) groups excluding carboxylic acids is 1.